The van der Waals surface area contributed by atoms with E-state index in [9.17, 15) is 4.79 Å². The van der Waals surface area contributed by atoms with E-state index in [1.807, 2.05) is 47.9 Å². The van der Waals surface area contributed by atoms with E-state index in [1.54, 1.807) is 0 Å². The number of thiophene rings is 1. The van der Waals surface area contributed by atoms with E-state index < -0.39 is 5.97 Å². The summed E-state index contributed by atoms with van der Waals surface area (Å²) in [5.41, 5.74) is 5.02. The average Bonchev–Trinajstić information content (AvgIpc) is 3.52. The molecule has 3 heterocycles. The molecule has 0 saturated carbocycles. The molecule has 1 fully saturated rings. The van der Waals surface area contributed by atoms with Crippen LogP contribution >= 0.6 is 22.9 Å². The Kier molecular flexibility index (Phi) is 5.76. The van der Waals surface area contributed by atoms with Crippen LogP contribution in [0.1, 0.15) is 23.3 Å². The van der Waals surface area contributed by atoms with Crippen molar-refractivity contribution in [1.82, 2.24) is 4.90 Å². The van der Waals surface area contributed by atoms with Crippen LogP contribution in [-0.4, -0.2) is 43.1 Å². The van der Waals surface area contributed by atoms with Gasteiger partial charge in [-0.1, -0.05) is 29.8 Å². The lowest BCUT2D eigenvalue weighted by atomic mass is 10.1. The predicted molar refractivity (Wildman–Crippen MR) is 123 cm³/mol. The van der Waals surface area contributed by atoms with Crippen LogP contribution < -0.4 is 0 Å². The van der Waals surface area contributed by atoms with E-state index in [1.165, 1.54) is 22.6 Å². The molecule has 0 N–H and O–H groups in total. The summed E-state index contributed by atoms with van der Waals surface area (Å²) >= 11 is 7.55. The van der Waals surface area contributed by atoms with E-state index in [-0.39, 0.29) is 0 Å². The van der Waals surface area contributed by atoms with Crippen LogP contribution in [0.25, 0.3) is 6.08 Å². The molecular weight excluding hydrogens is 432 g/mol. The number of esters is 1. The Labute approximate surface area is 189 Å². The van der Waals surface area contributed by atoms with E-state index in [0.29, 0.717) is 24.8 Å². The monoisotopic (exact) mass is 452 g/mol. The maximum absolute atomic E-state index is 12.5. The first-order valence-electron chi connectivity index (χ1n) is 10.3. The molecule has 0 bridgehead atoms. The van der Waals surface area contributed by atoms with Gasteiger partial charge in [-0.3, -0.25) is 0 Å². The summed E-state index contributed by atoms with van der Waals surface area (Å²) in [6.07, 6.45) is 5.87. The van der Waals surface area contributed by atoms with Gasteiger partial charge in [0.05, 0.1) is 18.1 Å². The highest BCUT2D eigenvalue weighted by molar-refractivity contribution is 7.12. The third-order valence-electron chi connectivity index (χ3n) is 5.47. The number of carbonyl (C=O) groups excluding carboxylic acids is 1. The summed E-state index contributed by atoms with van der Waals surface area (Å²) in [6.45, 7) is 3.05. The summed E-state index contributed by atoms with van der Waals surface area (Å²) in [5, 5.41) is 2.67. The number of rotatable bonds is 4. The molecule has 1 aromatic heterocycles. The van der Waals surface area contributed by atoms with Gasteiger partial charge in [-0.15, -0.1) is 11.3 Å². The van der Waals surface area contributed by atoms with Gasteiger partial charge < -0.3 is 14.4 Å². The summed E-state index contributed by atoms with van der Waals surface area (Å²) in [4.78, 5) is 20.2. The average molecular weight is 453 g/mol. The second-order valence-corrected chi connectivity index (χ2v) is 8.89. The summed E-state index contributed by atoms with van der Waals surface area (Å²) in [7, 11) is 0. The molecule has 2 aromatic rings. The highest BCUT2D eigenvalue weighted by Gasteiger charge is 2.29. The number of hydrogen-bond donors (Lipinski definition) is 0. The van der Waals surface area contributed by atoms with Crippen molar-refractivity contribution in [3.63, 3.8) is 0 Å². The summed E-state index contributed by atoms with van der Waals surface area (Å²) < 4.78 is 11.0. The summed E-state index contributed by atoms with van der Waals surface area (Å²) in [6, 6.07) is 11.7. The molecule has 5 nitrogen and oxygen atoms in total. The molecule has 1 saturated heterocycles. The van der Waals surface area contributed by atoms with Crippen molar-refractivity contribution in [3.8, 4) is 0 Å². The Morgan fingerprint density at radius 1 is 1.06 bits per heavy atom. The van der Waals surface area contributed by atoms with Crippen LogP contribution in [0.3, 0.4) is 0 Å². The number of allylic oxidation sites excluding steroid dienone is 3. The standard InChI is InChI=1S/C24H21ClN2O3S/c25-19-7-3-16(4-8-19)14-17-5-6-18(22(17)27-9-11-29-12-10-27)15-20-24(28)30-23(26-20)21-2-1-13-31-21/h1-4,7-8,13-15H,5-6,9-12H2/b17-14+,20-15+. The van der Waals surface area contributed by atoms with Gasteiger partial charge in [-0.25, -0.2) is 9.79 Å². The zero-order valence-corrected chi connectivity index (χ0v) is 18.4. The number of nitrogens with zero attached hydrogens (tertiary/aromatic N) is 2. The van der Waals surface area contributed by atoms with E-state index in [2.05, 4.69) is 16.0 Å². The molecule has 31 heavy (non-hydrogen) atoms. The molecule has 0 unspecified atom stereocenters. The van der Waals surface area contributed by atoms with Crippen molar-refractivity contribution in [2.75, 3.05) is 26.3 Å². The number of halogens is 1. The van der Waals surface area contributed by atoms with Gasteiger partial charge in [-0.2, -0.15) is 0 Å². The minimum absolute atomic E-state index is 0.358. The smallest absolute Gasteiger partial charge is 0.363 e. The number of benzene rings is 1. The minimum Gasteiger partial charge on any atom is -0.401 e. The van der Waals surface area contributed by atoms with Gasteiger partial charge in [0.25, 0.3) is 0 Å². The fraction of sp³-hybridized carbons (Fsp3) is 0.250. The van der Waals surface area contributed by atoms with Crippen molar-refractivity contribution in [3.05, 3.63) is 85.9 Å². The van der Waals surface area contributed by atoms with E-state index >= 15 is 0 Å². The van der Waals surface area contributed by atoms with Crippen molar-refractivity contribution in [2.24, 2.45) is 4.99 Å². The fourth-order valence-corrected chi connectivity index (χ4v) is 4.80. The normalized spacial score (nSPS) is 21.9. The van der Waals surface area contributed by atoms with Gasteiger partial charge in [0.2, 0.25) is 5.90 Å². The molecule has 0 amide bonds. The first-order chi connectivity index (χ1) is 15.2. The van der Waals surface area contributed by atoms with Crippen LogP contribution in [0, 0.1) is 0 Å². The van der Waals surface area contributed by atoms with Gasteiger partial charge >= 0.3 is 5.97 Å². The van der Waals surface area contributed by atoms with Gasteiger partial charge in [-0.05, 0) is 65.3 Å². The molecule has 1 aromatic carbocycles. The first-order valence-corrected chi connectivity index (χ1v) is 11.5. The van der Waals surface area contributed by atoms with Crippen LogP contribution in [0.4, 0.5) is 0 Å². The molecule has 7 heteroatoms. The zero-order chi connectivity index (χ0) is 21.2. The topological polar surface area (TPSA) is 51.1 Å². The van der Waals surface area contributed by atoms with Gasteiger partial charge in [0.15, 0.2) is 5.70 Å². The molecular formula is C24H21ClN2O3S. The van der Waals surface area contributed by atoms with Crippen molar-refractivity contribution >= 4 is 40.9 Å². The van der Waals surface area contributed by atoms with Crippen LogP contribution in [0.15, 0.2) is 75.4 Å². The summed E-state index contributed by atoms with van der Waals surface area (Å²) in [5.74, 6) is -0.0120. The number of carbonyl (C=O) groups is 1. The largest absolute Gasteiger partial charge is 0.401 e. The van der Waals surface area contributed by atoms with Crippen molar-refractivity contribution < 1.29 is 14.3 Å². The van der Waals surface area contributed by atoms with Crippen molar-refractivity contribution in [2.45, 2.75) is 12.8 Å². The van der Waals surface area contributed by atoms with Gasteiger partial charge in [0, 0.05) is 23.8 Å². The predicted octanol–water partition coefficient (Wildman–Crippen LogP) is 5.05. The number of cyclic esters (lactones) is 1. The second kappa shape index (κ2) is 8.83. The van der Waals surface area contributed by atoms with Crippen molar-refractivity contribution in [1.29, 1.82) is 0 Å². The fourth-order valence-electron chi connectivity index (χ4n) is 4.03. The highest BCUT2D eigenvalue weighted by atomic mass is 35.5. The molecule has 3 aliphatic rings. The second-order valence-electron chi connectivity index (χ2n) is 7.51. The van der Waals surface area contributed by atoms with E-state index in [4.69, 9.17) is 21.1 Å². The lowest BCUT2D eigenvalue weighted by Crippen LogP contribution is -2.36. The number of ether oxygens (including phenoxy) is 2. The minimum atomic E-state index is -0.396. The SMILES string of the molecule is O=C1OC(c2cccs2)=N/C1=C/C1=C(N2CCOCC2)C(=C/c2ccc(Cl)cc2)/CC1. The third kappa shape index (κ3) is 4.37. The van der Waals surface area contributed by atoms with Crippen LogP contribution in [-0.2, 0) is 14.3 Å². The molecule has 0 spiro atoms. The Balaban J connectivity index is 1.53. The van der Waals surface area contributed by atoms with Crippen LogP contribution in [0.2, 0.25) is 5.02 Å². The first kappa shape index (κ1) is 20.2. The molecule has 2 aliphatic heterocycles. The Morgan fingerprint density at radius 2 is 1.87 bits per heavy atom. The van der Waals surface area contributed by atoms with Crippen LogP contribution in [0.5, 0.6) is 0 Å². The molecule has 0 atom stereocenters. The quantitative estimate of drug-likeness (QED) is 0.481. The highest BCUT2D eigenvalue weighted by Crippen LogP contribution is 2.37. The molecule has 5 rings (SSSR count). The maximum Gasteiger partial charge on any atom is 0.363 e. The van der Waals surface area contributed by atoms with E-state index in [0.717, 1.165) is 47.0 Å². The molecule has 0 radical (unpaired) electrons. The lowest BCUT2D eigenvalue weighted by Gasteiger charge is -2.31. The number of morpholine rings is 1. The molecule has 1 aliphatic carbocycles. The lowest BCUT2D eigenvalue weighted by molar-refractivity contribution is -0.130. The third-order valence-corrected chi connectivity index (χ3v) is 6.58. The Hall–Kier alpha value is -2.67. The molecule has 158 valence electrons. The van der Waals surface area contributed by atoms with Gasteiger partial charge in [0.1, 0.15) is 0 Å². The maximum atomic E-state index is 12.5. The zero-order valence-electron chi connectivity index (χ0n) is 16.8. The Morgan fingerprint density at radius 3 is 2.61 bits per heavy atom. The Bertz CT molecular complexity index is 1110. The number of aliphatic imine (C=N–C) groups is 1. The number of hydrogen-bond acceptors (Lipinski definition) is 6.